The van der Waals surface area contributed by atoms with Gasteiger partial charge < -0.3 is 15.3 Å². The molecular weight excluding hydrogens is 478 g/mol. The van der Waals surface area contributed by atoms with Crippen molar-refractivity contribution < 1.29 is 19.5 Å². The molecule has 7 nitrogen and oxygen atoms in total. The molecule has 3 aliphatic rings. The van der Waals surface area contributed by atoms with Crippen LogP contribution in [0.5, 0.6) is 0 Å². The van der Waals surface area contributed by atoms with Gasteiger partial charge in [0.25, 0.3) is 0 Å². The van der Waals surface area contributed by atoms with Gasteiger partial charge in [0.2, 0.25) is 5.91 Å². The van der Waals surface area contributed by atoms with E-state index in [-0.39, 0.29) is 11.4 Å². The first-order chi connectivity index (χ1) is 18.5. The van der Waals surface area contributed by atoms with E-state index in [1.54, 1.807) is 29.2 Å². The van der Waals surface area contributed by atoms with Crippen LogP contribution in [0.1, 0.15) is 48.0 Å². The molecule has 196 valence electrons. The highest BCUT2D eigenvalue weighted by atomic mass is 16.4. The second kappa shape index (κ2) is 11.2. The van der Waals surface area contributed by atoms with Crippen LogP contribution < -0.4 is 10.2 Å². The number of carbonyl (C=O) groups excluding carboxylic acids is 2. The van der Waals surface area contributed by atoms with Crippen molar-refractivity contribution in [3.05, 3.63) is 83.9 Å². The molecule has 2 amide bonds. The lowest BCUT2D eigenvalue weighted by molar-refractivity contribution is -0.116. The van der Waals surface area contributed by atoms with Crippen molar-refractivity contribution in [2.24, 2.45) is 0 Å². The van der Waals surface area contributed by atoms with Crippen LogP contribution in [0.4, 0.5) is 16.2 Å². The smallest absolute Gasteiger partial charge is 0.412 e. The third-order valence-corrected chi connectivity index (χ3v) is 7.93. The molecule has 3 aliphatic heterocycles. The first-order valence-electron chi connectivity index (χ1n) is 13.3. The highest BCUT2D eigenvalue weighted by molar-refractivity contribution is 5.95. The molecule has 0 aromatic heterocycles. The molecule has 3 aromatic carbocycles. The van der Waals surface area contributed by atoms with E-state index >= 15 is 0 Å². The van der Waals surface area contributed by atoms with Gasteiger partial charge in [-0.25, -0.2) is 4.79 Å². The van der Waals surface area contributed by atoms with Crippen molar-refractivity contribution in [1.82, 2.24) is 4.90 Å². The Morgan fingerprint density at radius 3 is 2.26 bits per heavy atom. The number of nitrogens with zero attached hydrogens (tertiary/aromatic N) is 2. The molecule has 3 fully saturated rings. The van der Waals surface area contributed by atoms with E-state index in [4.69, 9.17) is 0 Å². The lowest BCUT2D eigenvalue weighted by atomic mass is 9.78. The number of aryl methyl sites for hydroxylation is 1. The van der Waals surface area contributed by atoms with Gasteiger partial charge in [0.1, 0.15) is 6.29 Å². The Bertz CT molecular complexity index is 1280. The summed E-state index contributed by atoms with van der Waals surface area (Å²) < 4.78 is 0. The summed E-state index contributed by atoms with van der Waals surface area (Å²) in [6.45, 7) is 2.78. The molecule has 3 aromatic rings. The Hall–Kier alpha value is -3.97. The van der Waals surface area contributed by atoms with Crippen molar-refractivity contribution in [1.29, 1.82) is 0 Å². The molecule has 38 heavy (non-hydrogen) atoms. The number of carbonyl (C=O) groups is 3. The minimum absolute atomic E-state index is 0.0926. The lowest BCUT2D eigenvalue weighted by Crippen LogP contribution is -2.62. The summed E-state index contributed by atoms with van der Waals surface area (Å²) in [5.74, 6) is -0.0926. The van der Waals surface area contributed by atoms with E-state index in [0.717, 1.165) is 67.6 Å². The van der Waals surface area contributed by atoms with Crippen LogP contribution in [0.15, 0.2) is 72.8 Å². The maximum absolute atomic E-state index is 12.8. The fraction of sp³-hybridized carbons (Fsp3) is 0.323. The number of amides is 2. The van der Waals surface area contributed by atoms with Crippen LogP contribution in [0.2, 0.25) is 0 Å². The minimum atomic E-state index is -0.908. The number of carboxylic acid groups (broad SMARTS) is 1. The van der Waals surface area contributed by atoms with Gasteiger partial charge in [-0.2, -0.15) is 0 Å². The molecule has 7 heteroatoms. The summed E-state index contributed by atoms with van der Waals surface area (Å²) in [5, 5.41) is 13.4. The van der Waals surface area contributed by atoms with Crippen LogP contribution in [-0.4, -0.2) is 53.5 Å². The number of fused-ring (bicyclic) bond motifs is 3. The average Bonchev–Trinajstić information content (AvgIpc) is 2.95. The van der Waals surface area contributed by atoms with Gasteiger partial charge >= 0.3 is 6.09 Å². The van der Waals surface area contributed by atoms with Crippen molar-refractivity contribution in [3.63, 3.8) is 0 Å². The normalized spacial score (nSPS) is 20.1. The summed E-state index contributed by atoms with van der Waals surface area (Å²) in [5.41, 5.74) is 4.48. The molecule has 0 radical (unpaired) electrons. The monoisotopic (exact) mass is 511 g/mol. The van der Waals surface area contributed by atoms with Crippen LogP contribution in [0.3, 0.4) is 0 Å². The van der Waals surface area contributed by atoms with Gasteiger partial charge in [-0.15, -0.1) is 0 Å². The molecule has 2 N–H and O–H groups in total. The summed E-state index contributed by atoms with van der Waals surface area (Å²) >= 11 is 0. The van der Waals surface area contributed by atoms with Gasteiger partial charge in [-0.05, 0) is 73.6 Å². The maximum Gasteiger partial charge on any atom is 0.412 e. The highest BCUT2D eigenvalue weighted by Gasteiger charge is 2.47. The van der Waals surface area contributed by atoms with E-state index in [1.807, 2.05) is 48.5 Å². The number of nitrogens with one attached hydrogen (secondary N) is 1. The summed E-state index contributed by atoms with van der Waals surface area (Å²) in [4.78, 5) is 40.2. The lowest BCUT2D eigenvalue weighted by Gasteiger charge is -2.53. The van der Waals surface area contributed by atoms with Crippen molar-refractivity contribution in [3.8, 4) is 11.1 Å². The second-order valence-electron chi connectivity index (χ2n) is 10.3. The predicted octanol–water partition coefficient (Wildman–Crippen LogP) is 5.85. The second-order valence-corrected chi connectivity index (χ2v) is 10.3. The van der Waals surface area contributed by atoms with Gasteiger partial charge in [0, 0.05) is 42.9 Å². The standard InChI is InChI=1S/C31H33N3O4/c35-22-24-9-12-26(13-10-24)32-29(36)8-4-5-23-11-14-27(25-6-2-1-3-7-25)28(21-23)34(30(37)38)31-15-18-33(19-16-31)20-17-31/h1-3,6-7,9-14,21-22H,4-5,8,15-20H2,(H,32,36)(H,37,38). The largest absolute Gasteiger partial charge is 0.465 e. The first kappa shape index (κ1) is 25.7. The van der Waals surface area contributed by atoms with Crippen molar-refractivity contribution >= 4 is 29.7 Å². The Balaban J connectivity index is 1.36. The van der Waals surface area contributed by atoms with Gasteiger partial charge in [0.05, 0.1) is 11.2 Å². The Morgan fingerprint density at radius 1 is 0.947 bits per heavy atom. The highest BCUT2D eigenvalue weighted by Crippen LogP contribution is 2.43. The Kier molecular flexibility index (Phi) is 7.56. The molecule has 0 unspecified atom stereocenters. The number of piperidine rings is 3. The molecule has 0 aliphatic carbocycles. The molecule has 3 saturated heterocycles. The van der Waals surface area contributed by atoms with E-state index in [2.05, 4.69) is 10.2 Å². The van der Waals surface area contributed by atoms with Gasteiger partial charge in [-0.1, -0.05) is 42.5 Å². The first-order valence-corrected chi connectivity index (χ1v) is 13.3. The molecule has 2 bridgehead atoms. The maximum atomic E-state index is 12.8. The molecule has 0 spiro atoms. The summed E-state index contributed by atoms with van der Waals surface area (Å²) in [7, 11) is 0. The number of hydrogen-bond acceptors (Lipinski definition) is 4. The zero-order chi connectivity index (χ0) is 26.5. The minimum Gasteiger partial charge on any atom is -0.465 e. The van der Waals surface area contributed by atoms with Crippen molar-refractivity contribution in [2.45, 2.75) is 44.1 Å². The molecule has 0 atom stereocenters. The van der Waals surface area contributed by atoms with E-state index in [9.17, 15) is 19.5 Å². The van der Waals surface area contributed by atoms with Crippen molar-refractivity contribution in [2.75, 3.05) is 29.9 Å². The van der Waals surface area contributed by atoms with Crippen LogP contribution >= 0.6 is 0 Å². The van der Waals surface area contributed by atoms with E-state index in [1.165, 1.54) is 0 Å². The van der Waals surface area contributed by atoms with E-state index in [0.29, 0.717) is 30.5 Å². The Labute approximate surface area is 223 Å². The third-order valence-electron chi connectivity index (χ3n) is 7.93. The molecule has 3 heterocycles. The number of anilines is 2. The Morgan fingerprint density at radius 2 is 1.63 bits per heavy atom. The summed E-state index contributed by atoms with van der Waals surface area (Å²) in [6.07, 6.45) is 4.01. The predicted molar refractivity (Wildman–Crippen MR) is 149 cm³/mol. The zero-order valence-corrected chi connectivity index (χ0v) is 21.4. The average molecular weight is 512 g/mol. The van der Waals surface area contributed by atoms with Crippen LogP contribution in [0.25, 0.3) is 11.1 Å². The van der Waals surface area contributed by atoms with Gasteiger partial charge in [0.15, 0.2) is 0 Å². The fourth-order valence-corrected chi connectivity index (χ4v) is 5.81. The number of hydrogen-bond donors (Lipinski definition) is 2. The quantitative estimate of drug-likeness (QED) is 0.352. The zero-order valence-electron chi connectivity index (χ0n) is 21.4. The third kappa shape index (κ3) is 5.48. The van der Waals surface area contributed by atoms with Crippen LogP contribution in [-0.2, 0) is 11.2 Å². The summed E-state index contributed by atoms with van der Waals surface area (Å²) in [6, 6.07) is 22.8. The topological polar surface area (TPSA) is 90.0 Å². The molecule has 0 saturated carbocycles. The molecule has 6 rings (SSSR count). The van der Waals surface area contributed by atoms with Gasteiger partial charge in [-0.3, -0.25) is 14.5 Å². The SMILES string of the molecule is O=Cc1ccc(NC(=O)CCCc2ccc(-c3ccccc3)c(N(C(=O)O)C34CCN(CC3)CC4)c2)cc1. The number of benzene rings is 3. The fourth-order valence-electron chi connectivity index (χ4n) is 5.81. The van der Waals surface area contributed by atoms with E-state index < -0.39 is 6.09 Å². The molecular formula is C31H33N3O4. The van der Waals surface area contributed by atoms with Crippen LogP contribution in [0, 0.1) is 0 Å². The number of aldehydes is 1. The number of rotatable bonds is 9.